The van der Waals surface area contributed by atoms with Crippen molar-refractivity contribution >= 4 is 5.91 Å². The number of nitrogens with zero attached hydrogens (tertiary/aromatic N) is 1. The van der Waals surface area contributed by atoms with Crippen LogP contribution in [0, 0.1) is 11.8 Å². The molecule has 0 bridgehead atoms. The van der Waals surface area contributed by atoms with Crippen LogP contribution in [-0.2, 0) is 4.74 Å². The predicted molar refractivity (Wildman–Crippen MR) is 78.3 cm³/mol. The van der Waals surface area contributed by atoms with Crippen LogP contribution in [0.1, 0.15) is 36.0 Å². The Morgan fingerprint density at radius 3 is 2.71 bits per heavy atom. The smallest absolute Gasteiger partial charge is 0.252 e. The molecule has 5 nitrogen and oxygen atoms in total. The van der Waals surface area contributed by atoms with E-state index in [4.69, 9.17) is 9.47 Å². The number of ether oxygens (including phenoxy) is 2. The second kappa shape index (κ2) is 6.89. The van der Waals surface area contributed by atoms with Crippen LogP contribution in [0.15, 0.2) is 18.3 Å². The Balaban J connectivity index is 1.45. The van der Waals surface area contributed by atoms with Gasteiger partial charge < -0.3 is 14.8 Å². The van der Waals surface area contributed by atoms with Crippen molar-refractivity contribution in [2.24, 2.45) is 11.8 Å². The van der Waals surface area contributed by atoms with Crippen LogP contribution in [0.3, 0.4) is 0 Å². The number of carbonyl (C=O) groups excluding carboxylic acids is 1. The van der Waals surface area contributed by atoms with Gasteiger partial charge in [-0.05, 0) is 43.6 Å². The van der Waals surface area contributed by atoms with Gasteiger partial charge in [-0.15, -0.1) is 0 Å². The number of hydrogen-bond donors (Lipinski definition) is 1. The minimum Gasteiger partial charge on any atom is -0.477 e. The summed E-state index contributed by atoms with van der Waals surface area (Å²) >= 11 is 0. The first-order chi connectivity index (χ1) is 10.3. The van der Waals surface area contributed by atoms with Gasteiger partial charge in [-0.2, -0.15) is 0 Å². The van der Waals surface area contributed by atoms with Crippen LogP contribution in [0.2, 0.25) is 0 Å². The van der Waals surface area contributed by atoms with Gasteiger partial charge in [0.15, 0.2) is 0 Å². The average Bonchev–Trinajstić information content (AvgIpc) is 3.36. The summed E-state index contributed by atoms with van der Waals surface area (Å²) in [4.78, 5) is 16.1. The monoisotopic (exact) mass is 290 g/mol. The van der Waals surface area contributed by atoms with Gasteiger partial charge in [0.1, 0.15) is 0 Å². The molecule has 1 aliphatic heterocycles. The van der Waals surface area contributed by atoms with Crippen LogP contribution in [0.25, 0.3) is 0 Å². The molecule has 2 heterocycles. The molecular weight excluding hydrogens is 268 g/mol. The van der Waals surface area contributed by atoms with Crippen molar-refractivity contribution in [1.29, 1.82) is 0 Å². The molecule has 1 aromatic heterocycles. The minimum atomic E-state index is -0.0506. The average molecular weight is 290 g/mol. The van der Waals surface area contributed by atoms with Crippen molar-refractivity contribution in [2.45, 2.75) is 25.7 Å². The van der Waals surface area contributed by atoms with Crippen LogP contribution in [0.4, 0.5) is 0 Å². The Kier molecular flexibility index (Phi) is 4.70. The van der Waals surface area contributed by atoms with Crippen LogP contribution < -0.4 is 10.1 Å². The van der Waals surface area contributed by atoms with E-state index in [1.54, 1.807) is 18.3 Å². The van der Waals surface area contributed by atoms with Gasteiger partial charge in [0.05, 0.1) is 12.2 Å². The maximum atomic E-state index is 11.9. The second-order valence-electron chi connectivity index (χ2n) is 5.91. The molecule has 114 valence electrons. The van der Waals surface area contributed by atoms with E-state index >= 15 is 0 Å². The van der Waals surface area contributed by atoms with Gasteiger partial charge in [0.2, 0.25) is 5.88 Å². The standard InChI is InChI=1S/C16H22N2O3/c19-16(18-9-12-1-2-12)14-3-4-15(17-10-14)21-11-13-5-7-20-8-6-13/h3-4,10,12-13H,1-2,5-9,11H2,(H,18,19). The molecule has 0 unspecified atom stereocenters. The summed E-state index contributed by atoms with van der Waals surface area (Å²) in [5.74, 6) is 1.76. The third-order valence-corrected chi connectivity index (χ3v) is 4.05. The Hall–Kier alpha value is -1.62. The van der Waals surface area contributed by atoms with E-state index in [0.29, 0.717) is 29.9 Å². The molecule has 0 atom stereocenters. The molecule has 1 saturated heterocycles. The van der Waals surface area contributed by atoms with Gasteiger partial charge in [-0.3, -0.25) is 4.79 Å². The SMILES string of the molecule is O=C(NCC1CC1)c1ccc(OCC2CCOCC2)nc1. The van der Waals surface area contributed by atoms with Gasteiger partial charge in [0.25, 0.3) is 5.91 Å². The normalized spacial score (nSPS) is 19.2. The third-order valence-electron chi connectivity index (χ3n) is 4.05. The highest BCUT2D eigenvalue weighted by Gasteiger charge is 2.22. The van der Waals surface area contributed by atoms with Crippen LogP contribution in [0.5, 0.6) is 5.88 Å². The van der Waals surface area contributed by atoms with E-state index in [1.807, 2.05) is 0 Å². The first-order valence-corrected chi connectivity index (χ1v) is 7.76. The molecule has 1 N–H and O–H groups in total. The maximum absolute atomic E-state index is 11.9. The zero-order valence-electron chi connectivity index (χ0n) is 12.2. The summed E-state index contributed by atoms with van der Waals surface area (Å²) in [5, 5.41) is 2.93. The third kappa shape index (κ3) is 4.43. The molecule has 5 heteroatoms. The lowest BCUT2D eigenvalue weighted by molar-refractivity contribution is 0.0490. The molecule has 2 aliphatic rings. The van der Waals surface area contributed by atoms with E-state index in [1.165, 1.54) is 12.8 Å². The maximum Gasteiger partial charge on any atom is 0.252 e. The predicted octanol–water partition coefficient (Wildman–Crippen LogP) is 2.03. The molecule has 0 radical (unpaired) electrons. The Morgan fingerprint density at radius 1 is 1.24 bits per heavy atom. The van der Waals surface area contributed by atoms with Crippen LogP contribution >= 0.6 is 0 Å². The minimum absolute atomic E-state index is 0.0506. The molecule has 1 aromatic rings. The molecule has 0 aromatic carbocycles. The van der Waals surface area contributed by atoms with Crippen molar-refractivity contribution in [3.8, 4) is 5.88 Å². The number of carbonyl (C=O) groups is 1. The fourth-order valence-electron chi connectivity index (χ4n) is 2.38. The highest BCUT2D eigenvalue weighted by molar-refractivity contribution is 5.93. The lowest BCUT2D eigenvalue weighted by atomic mass is 10.0. The lowest BCUT2D eigenvalue weighted by Gasteiger charge is -2.21. The van der Waals surface area contributed by atoms with Crippen LogP contribution in [-0.4, -0.2) is 37.3 Å². The largest absolute Gasteiger partial charge is 0.477 e. The van der Waals surface area contributed by atoms with Crippen molar-refractivity contribution in [2.75, 3.05) is 26.4 Å². The molecule has 2 fully saturated rings. The molecule has 1 amide bonds. The summed E-state index contributed by atoms with van der Waals surface area (Å²) in [7, 11) is 0. The number of nitrogens with one attached hydrogen (secondary N) is 1. The van der Waals surface area contributed by atoms with Gasteiger partial charge in [0, 0.05) is 32.0 Å². The molecule has 21 heavy (non-hydrogen) atoms. The second-order valence-corrected chi connectivity index (χ2v) is 5.91. The number of aromatic nitrogens is 1. The zero-order chi connectivity index (χ0) is 14.5. The highest BCUT2D eigenvalue weighted by Crippen LogP contribution is 2.27. The molecule has 1 saturated carbocycles. The molecule has 3 rings (SSSR count). The molecule has 0 spiro atoms. The van der Waals surface area contributed by atoms with E-state index < -0.39 is 0 Å². The van der Waals surface area contributed by atoms with E-state index in [-0.39, 0.29) is 5.91 Å². The fraction of sp³-hybridized carbons (Fsp3) is 0.625. The first-order valence-electron chi connectivity index (χ1n) is 7.76. The molecular formula is C16H22N2O3. The Bertz CT molecular complexity index is 465. The highest BCUT2D eigenvalue weighted by atomic mass is 16.5. The van der Waals surface area contributed by atoms with Crippen molar-refractivity contribution < 1.29 is 14.3 Å². The molecule has 1 aliphatic carbocycles. The van der Waals surface area contributed by atoms with Crippen molar-refractivity contribution in [3.63, 3.8) is 0 Å². The number of hydrogen-bond acceptors (Lipinski definition) is 4. The lowest BCUT2D eigenvalue weighted by Crippen LogP contribution is -2.25. The van der Waals surface area contributed by atoms with Crippen molar-refractivity contribution in [1.82, 2.24) is 10.3 Å². The van der Waals surface area contributed by atoms with Gasteiger partial charge in [-0.25, -0.2) is 4.98 Å². The van der Waals surface area contributed by atoms with Crippen molar-refractivity contribution in [3.05, 3.63) is 23.9 Å². The fourth-order valence-corrected chi connectivity index (χ4v) is 2.38. The van der Waals surface area contributed by atoms with Gasteiger partial charge in [-0.1, -0.05) is 0 Å². The zero-order valence-corrected chi connectivity index (χ0v) is 12.2. The topological polar surface area (TPSA) is 60.5 Å². The Morgan fingerprint density at radius 2 is 2.05 bits per heavy atom. The van der Waals surface area contributed by atoms with Gasteiger partial charge >= 0.3 is 0 Å². The van der Waals surface area contributed by atoms with E-state index in [9.17, 15) is 4.79 Å². The number of pyridine rings is 1. The summed E-state index contributed by atoms with van der Waals surface area (Å²) < 4.78 is 11.0. The summed E-state index contributed by atoms with van der Waals surface area (Å²) in [6.07, 6.45) is 6.14. The first kappa shape index (κ1) is 14.3. The number of rotatable bonds is 6. The van der Waals surface area contributed by atoms with E-state index in [0.717, 1.165) is 32.6 Å². The number of amides is 1. The summed E-state index contributed by atoms with van der Waals surface area (Å²) in [5.41, 5.74) is 0.592. The summed E-state index contributed by atoms with van der Waals surface area (Å²) in [6.45, 7) is 3.09. The Labute approximate surface area is 125 Å². The quantitative estimate of drug-likeness (QED) is 0.871. The summed E-state index contributed by atoms with van der Waals surface area (Å²) in [6, 6.07) is 3.54. The van der Waals surface area contributed by atoms with E-state index in [2.05, 4.69) is 10.3 Å².